The predicted octanol–water partition coefficient (Wildman–Crippen LogP) is 5.94. The zero-order valence-corrected chi connectivity index (χ0v) is 16.5. The number of benzene rings is 1. The Hall–Kier alpha value is -2.00. The average Bonchev–Trinajstić information content (AvgIpc) is 3.18. The van der Waals surface area contributed by atoms with Crippen molar-refractivity contribution < 1.29 is 9.47 Å². The molecule has 0 N–H and O–H groups in total. The fourth-order valence-electron chi connectivity index (χ4n) is 3.59. The molecule has 138 valence electrons. The largest absolute Gasteiger partial charge is 0.495 e. The molecule has 1 heterocycles. The number of hydrogen-bond donors (Lipinski definition) is 0. The van der Waals surface area contributed by atoms with Gasteiger partial charge in [-0.3, -0.25) is 0 Å². The Bertz CT molecular complexity index is 795. The van der Waals surface area contributed by atoms with Crippen LogP contribution in [0.15, 0.2) is 36.4 Å². The molecule has 26 heavy (non-hydrogen) atoms. The van der Waals surface area contributed by atoms with Crippen LogP contribution in [0.3, 0.4) is 0 Å². The Morgan fingerprint density at radius 3 is 2.54 bits per heavy atom. The first-order valence-electron chi connectivity index (χ1n) is 9.26. The molecule has 0 aliphatic heterocycles. The predicted molar refractivity (Wildman–Crippen MR) is 107 cm³/mol. The number of allylic oxidation sites excluding steroid dienone is 1. The molecule has 1 aliphatic carbocycles. The molecule has 3 rings (SSSR count). The third kappa shape index (κ3) is 4.04. The summed E-state index contributed by atoms with van der Waals surface area (Å²) in [5, 5.41) is 0.611. The lowest BCUT2D eigenvalue weighted by Gasteiger charge is -2.15. The van der Waals surface area contributed by atoms with Gasteiger partial charge in [0.25, 0.3) is 0 Å². The van der Waals surface area contributed by atoms with E-state index in [9.17, 15) is 0 Å². The Morgan fingerprint density at radius 1 is 1.15 bits per heavy atom. The number of aromatic nitrogens is 1. The second-order valence-electron chi connectivity index (χ2n) is 6.69. The number of methoxy groups -OCH3 is 2. The first-order chi connectivity index (χ1) is 12.7. The Balaban J connectivity index is 2.08. The Kier molecular flexibility index (Phi) is 6.20. The van der Waals surface area contributed by atoms with E-state index < -0.39 is 0 Å². The van der Waals surface area contributed by atoms with Crippen molar-refractivity contribution in [2.75, 3.05) is 14.2 Å². The van der Waals surface area contributed by atoms with Gasteiger partial charge in [0.2, 0.25) is 5.88 Å². The molecular weight excluding hydrogens is 346 g/mol. The van der Waals surface area contributed by atoms with Gasteiger partial charge in [-0.05, 0) is 48.9 Å². The summed E-state index contributed by atoms with van der Waals surface area (Å²) >= 11 is 6.39. The quantitative estimate of drug-likeness (QED) is 0.630. The fourth-order valence-corrected chi connectivity index (χ4v) is 3.85. The first-order valence-corrected chi connectivity index (χ1v) is 9.64. The third-order valence-corrected chi connectivity index (χ3v) is 5.35. The SMILES string of the molecule is CCc1ccc(/C(=C\C2CCCC2)c2ccc(OC)c(Cl)c2)nc1OC. The summed E-state index contributed by atoms with van der Waals surface area (Å²) in [4.78, 5) is 4.79. The number of rotatable bonds is 6. The first kappa shape index (κ1) is 18.8. The topological polar surface area (TPSA) is 31.4 Å². The van der Waals surface area contributed by atoms with Crippen molar-refractivity contribution in [3.8, 4) is 11.6 Å². The van der Waals surface area contributed by atoms with Crippen LogP contribution in [0.2, 0.25) is 5.02 Å². The van der Waals surface area contributed by atoms with Crippen molar-refractivity contribution in [3.05, 3.63) is 58.3 Å². The fraction of sp³-hybridized carbons (Fsp3) is 0.409. The zero-order chi connectivity index (χ0) is 18.5. The molecule has 1 saturated carbocycles. The standard InChI is InChI=1S/C22H26ClNO2/c1-4-16-9-11-20(24-22(16)26-3)18(13-15-7-5-6-8-15)17-10-12-21(25-2)19(23)14-17/h9-15H,4-8H2,1-3H3/b18-13-. The van der Waals surface area contributed by atoms with Gasteiger partial charge < -0.3 is 9.47 Å². The molecule has 0 amide bonds. The molecule has 0 radical (unpaired) electrons. The van der Waals surface area contributed by atoms with Crippen LogP contribution >= 0.6 is 11.6 Å². The van der Waals surface area contributed by atoms with Crippen molar-refractivity contribution in [2.24, 2.45) is 5.92 Å². The lowest BCUT2D eigenvalue weighted by atomic mass is 9.95. The summed E-state index contributed by atoms with van der Waals surface area (Å²) < 4.78 is 10.8. The molecule has 1 aromatic heterocycles. The molecule has 1 aromatic carbocycles. The maximum absolute atomic E-state index is 6.39. The molecule has 3 nitrogen and oxygen atoms in total. The van der Waals surface area contributed by atoms with Gasteiger partial charge in [0, 0.05) is 11.1 Å². The summed E-state index contributed by atoms with van der Waals surface area (Å²) in [6.07, 6.45) is 8.31. The number of hydrogen-bond acceptors (Lipinski definition) is 3. The van der Waals surface area contributed by atoms with Crippen LogP contribution in [-0.2, 0) is 6.42 Å². The highest BCUT2D eigenvalue weighted by Gasteiger charge is 2.18. The minimum atomic E-state index is 0.588. The van der Waals surface area contributed by atoms with E-state index in [0.29, 0.717) is 22.6 Å². The molecule has 0 spiro atoms. The van der Waals surface area contributed by atoms with E-state index >= 15 is 0 Å². The lowest BCUT2D eigenvalue weighted by molar-refractivity contribution is 0.392. The van der Waals surface area contributed by atoms with Crippen LogP contribution in [0.5, 0.6) is 11.6 Å². The summed E-state index contributed by atoms with van der Waals surface area (Å²) in [5.41, 5.74) is 4.21. The Morgan fingerprint density at radius 2 is 1.92 bits per heavy atom. The molecule has 0 bridgehead atoms. The highest BCUT2D eigenvalue weighted by molar-refractivity contribution is 6.32. The van der Waals surface area contributed by atoms with Crippen LogP contribution in [-0.4, -0.2) is 19.2 Å². The number of aryl methyl sites for hydroxylation is 1. The van der Waals surface area contributed by atoms with E-state index in [1.807, 2.05) is 18.2 Å². The van der Waals surface area contributed by atoms with E-state index in [1.54, 1.807) is 14.2 Å². The van der Waals surface area contributed by atoms with Crippen LogP contribution in [0, 0.1) is 5.92 Å². The second kappa shape index (κ2) is 8.59. The van der Waals surface area contributed by atoms with Crippen molar-refractivity contribution >= 4 is 17.2 Å². The average molecular weight is 372 g/mol. The van der Waals surface area contributed by atoms with Gasteiger partial charge >= 0.3 is 0 Å². The molecule has 0 unspecified atom stereocenters. The van der Waals surface area contributed by atoms with E-state index in [-0.39, 0.29) is 0 Å². The highest BCUT2D eigenvalue weighted by atomic mass is 35.5. The summed E-state index contributed by atoms with van der Waals surface area (Å²) in [5.74, 6) is 1.97. The molecule has 2 aromatic rings. The molecule has 1 fully saturated rings. The van der Waals surface area contributed by atoms with E-state index in [1.165, 1.54) is 25.7 Å². The molecular formula is C22H26ClNO2. The van der Waals surface area contributed by atoms with Gasteiger partial charge in [0.15, 0.2) is 0 Å². The summed E-state index contributed by atoms with van der Waals surface area (Å²) in [7, 11) is 3.31. The number of pyridine rings is 1. The van der Waals surface area contributed by atoms with Crippen molar-refractivity contribution in [1.82, 2.24) is 4.98 Å². The molecule has 1 aliphatic rings. The van der Waals surface area contributed by atoms with Gasteiger partial charge in [-0.1, -0.05) is 49.6 Å². The summed E-state index contributed by atoms with van der Waals surface area (Å²) in [6.45, 7) is 2.11. The zero-order valence-electron chi connectivity index (χ0n) is 15.7. The monoisotopic (exact) mass is 371 g/mol. The third-order valence-electron chi connectivity index (χ3n) is 5.05. The van der Waals surface area contributed by atoms with Gasteiger partial charge in [-0.25, -0.2) is 4.98 Å². The highest BCUT2D eigenvalue weighted by Crippen LogP contribution is 2.35. The number of ether oxygens (including phenoxy) is 2. The van der Waals surface area contributed by atoms with Crippen LogP contribution < -0.4 is 9.47 Å². The van der Waals surface area contributed by atoms with Crippen molar-refractivity contribution in [1.29, 1.82) is 0 Å². The van der Waals surface area contributed by atoms with Crippen LogP contribution in [0.1, 0.15) is 49.4 Å². The summed E-state index contributed by atoms with van der Waals surface area (Å²) in [6, 6.07) is 10.1. The number of nitrogens with zero attached hydrogens (tertiary/aromatic N) is 1. The Labute approximate surface area is 161 Å². The smallest absolute Gasteiger partial charge is 0.216 e. The second-order valence-corrected chi connectivity index (χ2v) is 7.10. The van der Waals surface area contributed by atoms with Crippen molar-refractivity contribution in [3.63, 3.8) is 0 Å². The van der Waals surface area contributed by atoms with Crippen molar-refractivity contribution in [2.45, 2.75) is 39.0 Å². The van der Waals surface area contributed by atoms with E-state index in [0.717, 1.165) is 28.8 Å². The molecule has 0 atom stereocenters. The minimum Gasteiger partial charge on any atom is -0.495 e. The lowest BCUT2D eigenvalue weighted by Crippen LogP contribution is -2.01. The van der Waals surface area contributed by atoms with Gasteiger partial charge in [0.05, 0.1) is 24.9 Å². The van der Waals surface area contributed by atoms with Crippen LogP contribution in [0.4, 0.5) is 0 Å². The minimum absolute atomic E-state index is 0.588. The normalized spacial score (nSPS) is 15.3. The van der Waals surface area contributed by atoms with Gasteiger partial charge in [-0.2, -0.15) is 0 Å². The maximum Gasteiger partial charge on any atom is 0.216 e. The molecule has 0 saturated heterocycles. The van der Waals surface area contributed by atoms with Gasteiger partial charge in [-0.15, -0.1) is 0 Å². The molecule has 4 heteroatoms. The van der Waals surface area contributed by atoms with Crippen LogP contribution in [0.25, 0.3) is 5.57 Å². The van der Waals surface area contributed by atoms with E-state index in [2.05, 4.69) is 25.1 Å². The van der Waals surface area contributed by atoms with Gasteiger partial charge in [0.1, 0.15) is 5.75 Å². The van der Waals surface area contributed by atoms with E-state index in [4.69, 9.17) is 26.1 Å². The maximum atomic E-state index is 6.39. The number of halogens is 1.